The average Bonchev–Trinajstić information content (AvgIpc) is 2.11. The lowest BCUT2D eigenvalue weighted by Gasteiger charge is -2.29. The molecule has 0 heterocycles. The number of carboxylic acid groups (broad SMARTS) is 1. The van der Waals surface area contributed by atoms with Gasteiger partial charge in [0.1, 0.15) is 6.04 Å². The Labute approximate surface area is 96.8 Å². The van der Waals surface area contributed by atoms with Gasteiger partial charge in [-0.25, -0.2) is 9.59 Å². The fraction of sp³-hybridized carbons (Fsp3) is 0.818. The molecule has 0 fully saturated rings. The highest BCUT2D eigenvalue weighted by Gasteiger charge is 2.33. The molecule has 0 aliphatic heterocycles. The Kier molecular flexibility index (Phi) is 5.27. The third-order valence-corrected chi connectivity index (χ3v) is 2.29. The molecule has 0 radical (unpaired) electrons. The molecule has 0 unspecified atom stereocenters. The predicted octanol–water partition coefficient (Wildman–Crippen LogP) is 1.54. The standard InChI is InChI=1S/C11H22N2O3/c1-6-7-13(5)10(16)12-8(9(14)15)11(2,3)4/h8H,6-7H2,1-5H3,(H,12,16)(H,14,15)/t8-/m1/s1. The number of aliphatic carboxylic acids is 1. The fourth-order valence-corrected chi connectivity index (χ4v) is 1.32. The van der Waals surface area contributed by atoms with Crippen LogP contribution in [0.15, 0.2) is 0 Å². The van der Waals surface area contributed by atoms with E-state index in [4.69, 9.17) is 5.11 Å². The zero-order valence-corrected chi connectivity index (χ0v) is 10.7. The Morgan fingerprint density at radius 2 is 1.88 bits per heavy atom. The smallest absolute Gasteiger partial charge is 0.326 e. The largest absolute Gasteiger partial charge is 0.480 e. The van der Waals surface area contributed by atoms with E-state index in [9.17, 15) is 9.59 Å². The van der Waals surface area contributed by atoms with E-state index in [1.165, 1.54) is 4.90 Å². The number of hydrogen-bond acceptors (Lipinski definition) is 2. The molecule has 0 aromatic rings. The molecule has 0 spiro atoms. The van der Waals surface area contributed by atoms with E-state index in [-0.39, 0.29) is 6.03 Å². The molecular formula is C11H22N2O3. The summed E-state index contributed by atoms with van der Waals surface area (Å²) >= 11 is 0. The van der Waals surface area contributed by atoms with Gasteiger partial charge in [0.2, 0.25) is 0 Å². The minimum absolute atomic E-state index is 0.343. The summed E-state index contributed by atoms with van der Waals surface area (Å²) in [6, 6.07) is -1.22. The van der Waals surface area contributed by atoms with Crippen LogP contribution < -0.4 is 5.32 Å². The number of carbonyl (C=O) groups is 2. The third kappa shape index (κ3) is 4.51. The van der Waals surface area contributed by atoms with Gasteiger partial charge in [0.05, 0.1) is 0 Å². The van der Waals surface area contributed by atoms with Gasteiger partial charge in [-0.15, -0.1) is 0 Å². The van der Waals surface area contributed by atoms with Gasteiger partial charge in [0, 0.05) is 13.6 Å². The van der Waals surface area contributed by atoms with Gasteiger partial charge in [0.15, 0.2) is 0 Å². The first-order valence-corrected chi connectivity index (χ1v) is 5.44. The van der Waals surface area contributed by atoms with E-state index in [1.807, 2.05) is 6.92 Å². The quantitative estimate of drug-likeness (QED) is 0.769. The third-order valence-electron chi connectivity index (χ3n) is 2.29. The van der Waals surface area contributed by atoms with Crippen molar-refractivity contribution in [2.75, 3.05) is 13.6 Å². The summed E-state index contributed by atoms with van der Waals surface area (Å²) in [6.07, 6.45) is 0.844. The number of nitrogens with zero attached hydrogens (tertiary/aromatic N) is 1. The topological polar surface area (TPSA) is 69.6 Å². The van der Waals surface area contributed by atoms with Gasteiger partial charge in [-0.2, -0.15) is 0 Å². The minimum Gasteiger partial charge on any atom is -0.480 e. The van der Waals surface area contributed by atoms with Crippen molar-refractivity contribution in [1.82, 2.24) is 10.2 Å². The molecular weight excluding hydrogens is 208 g/mol. The first-order valence-electron chi connectivity index (χ1n) is 5.44. The van der Waals surface area contributed by atoms with Gasteiger partial charge in [-0.3, -0.25) is 0 Å². The zero-order chi connectivity index (χ0) is 12.9. The second kappa shape index (κ2) is 5.72. The lowest BCUT2D eigenvalue weighted by atomic mass is 9.87. The van der Waals surface area contributed by atoms with Crippen molar-refractivity contribution in [3.63, 3.8) is 0 Å². The van der Waals surface area contributed by atoms with Gasteiger partial charge in [0.25, 0.3) is 0 Å². The summed E-state index contributed by atoms with van der Waals surface area (Å²) in [5.41, 5.74) is -0.505. The van der Waals surface area contributed by atoms with Crippen LogP contribution >= 0.6 is 0 Å². The predicted molar refractivity (Wildman–Crippen MR) is 62.3 cm³/mol. The molecule has 0 aliphatic rings. The number of amides is 2. The SMILES string of the molecule is CCCN(C)C(=O)N[C@H](C(=O)O)C(C)(C)C. The zero-order valence-electron chi connectivity index (χ0n) is 10.7. The van der Waals surface area contributed by atoms with E-state index in [0.717, 1.165) is 6.42 Å². The Morgan fingerprint density at radius 3 is 2.19 bits per heavy atom. The Hall–Kier alpha value is -1.26. The van der Waals surface area contributed by atoms with Crippen molar-refractivity contribution in [2.24, 2.45) is 5.41 Å². The van der Waals surface area contributed by atoms with Crippen LogP contribution in [-0.4, -0.2) is 41.6 Å². The van der Waals surface area contributed by atoms with E-state index >= 15 is 0 Å². The molecule has 0 bridgehead atoms. The number of nitrogens with one attached hydrogen (secondary N) is 1. The maximum absolute atomic E-state index is 11.6. The molecule has 0 aliphatic carbocycles. The van der Waals surface area contributed by atoms with Gasteiger partial charge in [-0.1, -0.05) is 27.7 Å². The van der Waals surface area contributed by atoms with Crippen LogP contribution in [0.4, 0.5) is 4.79 Å². The fourth-order valence-electron chi connectivity index (χ4n) is 1.32. The normalized spacial score (nSPS) is 13.1. The number of hydrogen-bond donors (Lipinski definition) is 2. The summed E-state index contributed by atoms with van der Waals surface area (Å²) in [5.74, 6) is -1.01. The average molecular weight is 230 g/mol. The monoisotopic (exact) mass is 230 g/mol. The van der Waals surface area contributed by atoms with Crippen molar-refractivity contribution in [1.29, 1.82) is 0 Å². The van der Waals surface area contributed by atoms with Crippen molar-refractivity contribution in [2.45, 2.75) is 40.2 Å². The molecule has 1 atom stereocenters. The number of urea groups is 1. The van der Waals surface area contributed by atoms with Crippen molar-refractivity contribution in [3.8, 4) is 0 Å². The maximum atomic E-state index is 11.6. The summed E-state index contributed by atoms with van der Waals surface area (Å²) in [4.78, 5) is 24.2. The van der Waals surface area contributed by atoms with Crippen LogP contribution in [0.1, 0.15) is 34.1 Å². The lowest BCUT2D eigenvalue weighted by Crippen LogP contribution is -2.52. The van der Waals surface area contributed by atoms with Crippen LogP contribution in [0.5, 0.6) is 0 Å². The molecule has 94 valence electrons. The highest BCUT2D eigenvalue weighted by molar-refractivity contribution is 5.83. The summed E-state index contributed by atoms with van der Waals surface area (Å²) < 4.78 is 0. The Balaban J connectivity index is 4.54. The van der Waals surface area contributed by atoms with Gasteiger partial charge in [-0.05, 0) is 11.8 Å². The molecule has 0 saturated carbocycles. The van der Waals surface area contributed by atoms with E-state index < -0.39 is 17.4 Å². The minimum atomic E-state index is -1.01. The summed E-state index contributed by atoms with van der Waals surface area (Å²) in [5, 5.41) is 11.6. The summed E-state index contributed by atoms with van der Waals surface area (Å²) in [6.45, 7) is 7.92. The second-order valence-electron chi connectivity index (χ2n) is 5.01. The molecule has 2 N–H and O–H groups in total. The Bertz CT molecular complexity index is 258. The number of rotatable bonds is 4. The van der Waals surface area contributed by atoms with E-state index in [0.29, 0.717) is 6.54 Å². The Morgan fingerprint density at radius 1 is 1.38 bits per heavy atom. The molecule has 2 amide bonds. The van der Waals surface area contributed by atoms with Crippen LogP contribution in [0.25, 0.3) is 0 Å². The molecule has 0 rings (SSSR count). The first-order chi connectivity index (χ1) is 7.20. The molecule has 0 aromatic heterocycles. The van der Waals surface area contributed by atoms with Crippen molar-refractivity contribution < 1.29 is 14.7 Å². The summed E-state index contributed by atoms with van der Waals surface area (Å²) in [7, 11) is 1.65. The molecule has 5 nitrogen and oxygen atoms in total. The van der Waals surface area contributed by atoms with Gasteiger partial charge >= 0.3 is 12.0 Å². The van der Waals surface area contributed by atoms with Crippen molar-refractivity contribution >= 4 is 12.0 Å². The van der Waals surface area contributed by atoms with Crippen LogP contribution in [0, 0.1) is 5.41 Å². The van der Waals surface area contributed by atoms with E-state index in [1.54, 1.807) is 27.8 Å². The number of carboxylic acids is 1. The van der Waals surface area contributed by atoms with Crippen LogP contribution in [0.2, 0.25) is 0 Å². The van der Waals surface area contributed by atoms with Crippen molar-refractivity contribution in [3.05, 3.63) is 0 Å². The van der Waals surface area contributed by atoms with Crippen LogP contribution in [0.3, 0.4) is 0 Å². The maximum Gasteiger partial charge on any atom is 0.326 e. The second-order valence-corrected chi connectivity index (χ2v) is 5.01. The lowest BCUT2D eigenvalue weighted by molar-refractivity contribution is -0.142. The highest BCUT2D eigenvalue weighted by Crippen LogP contribution is 2.19. The van der Waals surface area contributed by atoms with Crippen LogP contribution in [-0.2, 0) is 4.79 Å². The highest BCUT2D eigenvalue weighted by atomic mass is 16.4. The first kappa shape index (κ1) is 14.7. The van der Waals surface area contributed by atoms with Gasteiger partial charge < -0.3 is 15.3 Å². The number of carbonyl (C=O) groups excluding carboxylic acids is 1. The van der Waals surface area contributed by atoms with E-state index in [2.05, 4.69) is 5.32 Å². The molecule has 5 heteroatoms. The molecule has 0 saturated heterocycles. The molecule has 0 aromatic carbocycles. The molecule has 16 heavy (non-hydrogen) atoms.